The lowest BCUT2D eigenvalue weighted by Gasteiger charge is -2.31. The van der Waals surface area contributed by atoms with Crippen LogP contribution in [0, 0.1) is 13.8 Å². The van der Waals surface area contributed by atoms with E-state index >= 15 is 0 Å². The molecule has 12 heteroatoms. The van der Waals surface area contributed by atoms with Gasteiger partial charge in [0, 0.05) is 25.0 Å². The van der Waals surface area contributed by atoms with Crippen molar-refractivity contribution in [1.82, 2.24) is 19.4 Å². The molecule has 3 aromatic rings. The van der Waals surface area contributed by atoms with Crippen LogP contribution >= 0.6 is 0 Å². The molecule has 2 aromatic carbocycles. The maximum absolute atomic E-state index is 12.9. The number of carbonyl (C=O) groups is 2. The van der Waals surface area contributed by atoms with Crippen LogP contribution in [0.5, 0.6) is 5.75 Å². The summed E-state index contributed by atoms with van der Waals surface area (Å²) in [6, 6.07) is 14.9. The number of hydrogen-bond acceptors (Lipinski definition) is 7. The zero-order valence-corrected chi connectivity index (χ0v) is 21.9. The first-order valence-corrected chi connectivity index (χ1v) is 13.1. The van der Waals surface area contributed by atoms with Crippen molar-refractivity contribution in [2.24, 2.45) is 12.8 Å². The van der Waals surface area contributed by atoms with E-state index in [0.29, 0.717) is 22.9 Å². The number of aryl methyl sites for hydroxylation is 3. The summed E-state index contributed by atoms with van der Waals surface area (Å²) in [6.45, 7) is 3.41. The molecule has 0 aliphatic carbocycles. The summed E-state index contributed by atoms with van der Waals surface area (Å²) < 4.78 is 35.8. The lowest BCUT2D eigenvalue weighted by molar-refractivity contribution is -0.118. The number of benzene rings is 2. The molecule has 1 atom stereocenters. The number of aromatic nitrogens is 2. The molecule has 4 rings (SSSR count). The van der Waals surface area contributed by atoms with E-state index in [-0.39, 0.29) is 17.3 Å². The second kappa shape index (κ2) is 10.9. The normalized spacial score (nSPS) is 15.2. The van der Waals surface area contributed by atoms with Crippen LogP contribution in [0.3, 0.4) is 0 Å². The second-order valence-corrected chi connectivity index (χ2v) is 10.5. The minimum Gasteiger partial charge on any atom is -0.456 e. The standard InChI is InChI=1S/C26H28N6O5S/c1-17-7-10-22(11-8-17)38(35,36)30-25-12-9-21(15-32(25)16-24(27)33)37-20-6-4-5-19(14-20)28-26(34)23-13-18(2)29-31(23)3/h4-15,25,30H,16H2,1-3H3,(H2,27,33)(H,28,34). The number of nitrogens with zero attached hydrogens (tertiary/aromatic N) is 3. The van der Waals surface area contributed by atoms with E-state index in [4.69, 9.17) is 10.5 Å². The third-order valence-corrected chi connectivity index (χ3v) is 7.05. The minimum atomic E-state index is -3.87. The van der Waals surface area contributed by atoms with Crippen LogP contribution in [0.15, 0.2) is 83.6 Å². The van der Waals surface area contributed by atoms with Gasteiger partial charge in [0.1, 0.15) is 23.4 Å². The van der Waals surface area contributed by atoms with Gasteiger partial charge in [0.15, 0.2) is 0 Å². The maximum Gasteiger partial charge on any atom is 0.273 e. The molecule has 2 heterocycles. The van der Waals surface area contributed by atoms with Gasteiger partial charge in [-0.15, -0.1) is 0 Å². The van der Waals surface area contributed by atoms with Crippen molar-refractivity contribution in [2.75, 3.05) is 11.9 Å². The molecule has 0 spiro atoms. The van der Waals surface area contributed by atoms with Crippen LogP contribution in [0.4, 0.5) is 5.69 Å². The summed E-state index contributed by atoms with van der Waals surface area (Å²) >= 11 is 0. The smallest absolute Gasteiger partial charge is 0.273 e. The van der Waals surface area contributed by atoms with Gasteiger partial charge in [-0.3, -0.25) is 14.3 Å². The second-order valence-electron chi connectivity index (χ2n) is 8.79. The van der Waals surface area contributed by atoms with E-state index in [2.05, 4.69) is 15.1 Å². The summed E-state index contributed by atoms with van der Waals surface area (Å²) in [4.78, 5) is 25.9. The van der Waals surface area contributed by atoms with Crippen molar-refractivity contribution in [3.63, 3.8) is 0 Å². The first-order chi connectivity index (χ1) is 18.0. The molecule has 0 saturated carbocycles. The van der Waals surface area contributed by atoms with Crippen LogP contribution in [0.1, 0.15) is 21.7 Å². The average Bonchev–Trinajstić information content (AvgIpc) is 3.19. The summed E-state index contributed by atoms with van der Waals surface area (Å²) in [5.74, 6) is -0.218. The van der Waals surface area contributed by atoms with Crippen molar-refractivity contribution in [2.45, 2.75) is 24.9 Å². The number of hydrogen-bond donors (Lipinski definition) is 3. The summed E-state index contributed by atoms with van der Waals surface area (Å²) in [7, 11) is -2.19. The number of sulfonamides is 1. The van der Waals surface area contributed by atoms with Gasteiger partial charge in [-0.2, -0.15) is 9.82 Å². The molecule has 198 valence electrons. The van der Waals surface area contributed by atoms with Crippen LogP contribution < -0.4 is 20.5 Å². The van der Waals surface area contributed by atoms with Gasteiger partial charge in [0.25, 0.3) is 5.91 Å². The molecule has 0 fully saturated rings. The van der Waals surface area contributed by atoms with Gasteiger partial charge in [0.2, 0.25) is 15.9 Å². The Balaban J connectivity index is 1.48. The Labute approximate surface area is 220 Å². The maximum atomic E-state index is 12.9. The van der Waals surface area contributed by atoms with E-state index in [1.165, 1.54) is 27.9 Å². The highest BCUT2D eigenvalue weighted by Crippen LogP contribution is 2.23. The van der Waals surface area contributed by atoms with Gasteiger partial charge >= 0.3 is 0 Å². The Morgan fingerprint density at radius 1 is 1.11 bits per heavy atom. The molecular formula is C26H28N6O5S. The zero-order valence-electron chi connectivity index (χ0n) is 21.1. The molecule has 0 radical (unpaired) electrons. The Hall–Kier alpha value is -4.42. The fourth-order valence-electron chi connectivity index (χ4n) is 3.81. The largest absolute Gasteiger partial charge is 0.456 e. The molecule has 1 aliphatic heterocycles. The molecule has 1 aliphatic rings. The van der Waals surface area contributed by atoms with Gasteiger partial charge in [-0.25, -0.2) is 8.42 Å². The Morgan fingerprint density at radius 3 is 2.50 bits per heavy atom. The molecule has 1 unspecified atom stereocenters. The Morgan fingerprint density at radius 2 is 1.84 bits per heavy atom. The van der Waals surface area contributed by atoms with Crippen molar-refractivity contribution < 1.29 is 22.7 Å². The van der Waals surface area contributed by atoms with Crippen molar-refractivity contribution >= 4 is 27.5 Å². The fourth-order valence-corrected chi connectivity index (χ4v) is 4.97. The highest BCUT2D eigenvalue weighted by Gasteiger charge is 2.26. The fraction of sp³-hybridized carbons (Fsp3) is 0.192. The molecular weight excluding hydrogens is 508 g/mol. The highest BCUT2D eigenvalue weighted by molar-refractivity contribution is 7.89. The van der Waals surface area contributed by atoms with E-state index in [9.17, 15) is 18.0 Å². The number of anilines is 1. The minimum absolute atomic E-state index is 0.0988. The SMILES string of the molecule is Cc1ccc(S(=O)(=O)NC2C=CC(Oc3cccc(NC(=O)c4cc(C)nn4C)c3)=CN2CC(N)=O)cc1. The number of nitrogens with one attached hydrogen (secondary N) is 2. The molecule has 2 amide bonds. The van der Waals surface area contributed by atoms with Crippen molar-refractivity contribution in [3.8, 4) is 5.75 Å². The highest BCUT2D eigenvalue weighted by atomic mass is 32.2. The Bertz CT molecular complexity index is 1530. The molecule has 0 saturated heterocycles. The van der Waals surface area contributed by atoms with Crippen LogP contribution in [-0.4, -0.2) is 47.6 Å². The van der Waals surface area contributed by atoms with E-state index in [1.807, 2.05) is 6.92 Å². The zero-order chi connectivity index (χ0) is 27.4. The monoisotopic (exact) mass is 536 g/mol. The lowest BCUT2D eigenvalue weighted by Crippen LogP contribution is -2.48. The van der Waals surface area contributed by atoms with Crippen LogP contribution in [0.2, 0.25) is 0 Å². The van der Waals surface area contributed by atoms with E-state index < -0.39 is 22.1 Å². The van der Waals surface area contributed by atoms with Crippen LogP contribution in [-0.2, 0) is 21.9 Å². The topological polar surface area (TPSA) is 149 Å². The third kappa shape index (κ3) is 6.47. The summed E-state index contributed by atoms with van der Waals surface area (Å²) in [5.41, 5.74) is 7.97. The number of ether oxygens (including phenoxy) is 1. The molecule has 38 heavy (non-hydrogen) atoms. The van der Waals surface area contributed by atoms with Gasteiger partial charge in [0.05, 0.1) is 17.1 Å². The third-order valence-electron chi connectivity index (χ3n) is 5.60. The van der Waals surface area contributed by atoms with E-state index in [0.717, 1.165) is 11.3 Å². The summed E-state index contributed by atoms with van der Waals surface area (Å²) in [5, 5.41) is 6.99. The number of allylic oxidation sites excluding steroid dienone is 1. The molecule has 11 nitrogen and oxygen atoms in total. The predicted molar refractivity (Wildman–Crippen MR) is 141 cm³/mol. The predicted octanol–water partition coefficient (Wildman–Crippen LogP) is 2.17. The molecule has 4 N–H and O–H groups in total. The van der Waals surface area contributed by atoms with Gasteiger partial charge in [-0.05, 0) is 56.3 Å². The van der Waals surface area contributed by atoms with Crippen molar-refractivity contribution in [1.29, 1.82) is 0 Å². The van der Waals surface area contributed by atoms with Gasteiger partial charge in [-0.1, -0.05) is 23.8 Å². The summed E-state index contributed by atoms with van der Waals surface area (Å²) in [6.07, 6.45) is 3.77. The molecule has 1 aromatic heterocycles. The van der Waals surface area contributed by atoms with Crippen LogP contribution in [0.25, 0.3) is 0 Å². The first-order valence-electron chi connectivity index (χ1n) is 11.6. The first kappa shape index (κ1) is 26.6. The van der Waals surface area contributed by atoms with Crippen molar-refractivity contribution in [3.05, 3.63) is 95.7 Å². The average molecular weight is 537 g/mol. The quantitative estimate of drug-likeness (QED) is 0.379. The number of amides is 2. The number of primary amides is 1. The molecule has 0 bridgehead atoms. The Kier molecular flexibility index (Phi) is 7.65. The lowest BCUT2D eigenvalue weighted by atomic mass is 10.2. The number of carbonyl (C=O) groups excluding carboxylic acids is 2. The number of rotatable bonds is 9. The van der Waals surface area contributed by atoms with E-state index in [1.54, 1.807) is 68.6 Å². The number of nitrogens with two attached hydrogens (primary N) is 1. The van der Waals surface area contributed by atoms with Gasteiger partial charge < -0.3 is 20.7 Å².